The second kappa shape index (κ2) is 5.30. The van der Waals surface area contributed by atoms with Crippen molar-refractivity contribution in [1.82, 2.24) is 10.2 Å². The molecule has 0 aromatic carbocycles. The topological polar surface area (TPSA) is 24.5 Å². The number of hydrogen-bond acceptors (Lipinski definition) is 3. The zero-order valence-electron chi connectivity index (χ0n) is 10.4. The van der Waals surface area contributed by atoms with Crippen molar-refractivity contribution >= 4 is 8.07 Å². The first-order valence-corrected chi connectivity index (χ1v) is 9.24. The third kappa shape index (κ3) is 5.45. The van der Waals surface area contributed by atoms with Gasteiger partial charge in [0.2, 0.25) is 0 Å². The average molecular weight is 268 g/mol. The molecule has 1 heterocycles. The molecule has 17 heavy (non-hydrogen) atoms. The van der Waals surface area contributed by atoms with E-state index in [0.717, 1.165) is 12.2 Å². The molecule has 100 valence electrons. The highest BCUT2D eigenvalue weighted by molar-refractivity contribution is 6.76. The molecule has 0 spiro atoms. The van der Waals surface area contributed by atoms with Crippen molar-refractivity contribution in [2.75, 3.05) is 20.0 Å². The van der Waals surface area contributed by atoms with Gasteiger partial charge in [-0.3, -0.25) is 0 Å². The first-order chi connectivity index (χ1) is 7.68. The van der Waals surface area contributed by atoms with Gasteiger partial charge in [0.05, 0.1) is 6.67 Å². The van der Waals surface area contributed by atoms with E-state index < -0.39 is 19.9 Å². The van der Waals surface area contributed by atoms with Crippen molar-refractivity contribution in [1.29, 1.82) is 0 Å². The van der Waals surface area contributed by atoms with Crippen molar-refractivity contribution in [3.8, 4) is 0 Å². The number of rotatable bonds is 5. The summed E-state index contributed by atoms with van der Waals surface area (Å²) in [5.41, 5.74) is -0.703. The van der Waals surface area contributed by atoms with Crippen molar-refractivity contribution in [3.05, 3.63) is 11.9 Å². The molecule has 1 N–H and O–H groups in total. The maximum atomic E-state index is 12.3. The first-order valence-electron chi connectivity index (χ1n) is 5.53. The van der Waals surface area contributed by atoms with Gasteiger partial charge in [0.25, 0.3) is 0 Å². The van der Waals surface area contributed by atoms with Gasteiger partial charge in [0.1, 0.15) is 12.4 Å². The zero-order valence-corrected chi connectivity index (χ0v) is 11.4. The Morgan fingerprint density at radius 3 is 2.53 bits per heavy atom. The van der Waals surface area contributed by atoms with Gasteiger partial charge >= 0.3 is 6.18 Å². The van der Waals surface area contributed by atoms with Crippen LogP contribution in [-0.4, -0.2) is 39.2 Å². The van der Waals surface area contributed by atoms with Gasteiger partial charge in [-0.1, -0.05) is 19.6 Å². The second-order valence-corrected chi connectivity index (χ2v) is 10.9. The van der Waals surface area contributed by atoms with E-state index in [1.54, 1.807) is 0 Å². The van der Waals surface area contributed by atoms with Crippen LogP contribution in [0.2, 0.25) is 25.7 Å². The summed E-state index contributed by atoms with van der Waals surface area (Å²) in [5.74, 6) is 0. The highest BCUT2D eigenvalue weighted by Gasteiger charge is 2.36. The summed E-state index contributed by atoms with van der Waals surface area (Å²) in [7, 11) is -1.13. The molecule has 0 aliphatic carbocycles. The number of alkyl halides is 3. The minimum absolute atomic E-state index is 0.155. The Labute approximate surface area is 101 Å². The summed E-state index contributed by atoms with van der Waals surface area (Å²) in [6.45, 7) is 7.67. The van der Waals surface area contributed by atoms with E-state index in [-0.39, 0.29) is 13.4 Å². The summed E-state index contributed by atoms with van der Waals surface area (Å²) < 4.78 is 42.2. The predicted molar refractivity (Wildman–Crippen MR) is 63.0 cm³/mol. The third-order valence-corrected chi connectivity index (χ3v) is 4.05. The van der Waals surface area contributed by atoms with Crippen LogP contribution < -0.4 is 5.32 Å². The summed E-state index contributed by atoms with van der Waals surface area (Å²) in [6.07, 6.45) is -3.23. The van der Waals surface area contributed by atoms with Crippen molar-refractivity contribution < 1.29 is 17.9 Å². The fraction of sp³-hybridized carbons (Fsp3) is 0.800. The predicted octanol–water partition coefficient (Wildman–Crippen LogP) is 2.57. The lowest BCUT2D eigenvalue weighted by molar-refractivity contribution is -0.0955. The summed E-state index contributed by atoms with van der Waals surface area (Å²) in [6, 6.07) is 1.02. The Morgan fingerprint density at radius 2 is 2.06 bits per heavy atom. The molecule has 0 fully saturated rings. The van der Waals surface area contributed by atoms with Gasteiger partial charge in [-0.2, -0.15) is 13.2 Å². The molecule has 1 rings (SSSR count). The Bertz CT molecular complexity index is 286. The molecule has 0 radical (unpaired) electrons. The van der Waals surface area contributed by atoms with Gasteiger partial charge in [0.15, 0.2) is 0 Å². The smallest absolute Gasteiger partial charge is 0.363 e. The van der Waals surface area contributed by atoms with Crippen LogP contribution in [0.15, 0.2) is 11.9 Å². The maximum Gasteiger partial charge on any atom is 0.432 e. The van der Waals surface area contributed by atoms with Crippen LogP contribution in [0.3, 0.4) is 0 Å². The van der Waals surface area contributed by atoms with Crippen molar-refractivity contribution in [2.24, 2.45) is 0 Å². The Morgan fingerprint density at radius 1 is 1.41 bits per heavy atom. The largest absolute Gasteiger partial charge is 0.432 e. The minimum atomic E-state index is -4.30. The Hall–Kier alpha value is -0.693. The zero-order chi connectivity index (χ0) is 13.1. The van der Waals surface area contributed by atoms with Crippen LogP contribution in [0.25, 0.3) is 0 Å². The fourth-order valence-electron chi connectivity index (χ4n) is 1.28. The lowest BCUT2D eigenvalue weighted by Gasteiger charge is -2.18. The van der Waals surface area contributed by atoms with E-state index in [0.29, 0.717) is 6.61 Å². The van der Waals surface area contributed by atoms with E-state index in [1.165, 1.54) is 4.90 Å². The lowest BCUT2D eigenvalue weighted by Crippen LogP contribution is -2.28. The molecule has 0 unspecified atom stereocenters. The molecule has 0 saturated carbocycles. The molecule has 1 aliphatic heterocycles. The van der Waals surface area contributed by atoms with Gasteiger partial charge in [-0.05, 0) is 6.04 Å². The molecule has 0 aromatic rings. The van der Waals surface area contributed by atoms with Crippen LogP contribution in [-0.2, 0) is 4.74 Å². The number of ether oxygens (including phenoxy) is 1. The van der Waals surface area contributed by atoms with Crippen LogP contribution in [0, 0.1) is 0 Å². The van der Waals surface area contributed by atoms with E-state index in [9.17, 15) is 13.2 Å². The van der Waals surface area contributed by atoms with Crippen LogP contribution >= 0.6 is 0 Å². The molecule has 1 aliphatic rings. The quantitative estimate of drug-likeness (QED) is 0.612. The van der Waals surface area contributed by atoms with Gasteiger partial charge in [-0.25, -0.2) is 0 Å². The second-order valence-electron chi connectivity index (χ2n) is 5.31. The Balaban J connectivity index is 2.25. The van der Waals surface area contributed by atoms with E-state index in [1.807, 2.05) is 0 Å². The summed E-state index contributed by atoms with van der Waals surface area (Å²) in [4.78, 5) is 1.48. The molecule has 0 bridgehead atoms. The molecule has 0 saturated heterocycles. The number of allylic oxidation sites excluding steroid dienone is 1. The summed E-state index contributed by atoms with van der Waals surface area (Å²) >= 11 is 0. The monoisotopic (exact) mass is 268 g/mol. The van der Waals surface area contributed by atoms with Crippen LogP contribution in [0.4, 0.5) is 13.2 Å². The minimum Gasteiger partial charge on any atom is -0.363 e. The van der Waals surface area contributed by atoms with E-state index >= 15 is 0 Å². The van der Waals surface area contributed by atoms with E-state index in [4.69, 9.17) is 4.74 Å². The van der Waals surface area contributed by atoms with Gasteiger partial charge < -0.3 is 15.0 Å². The molecular formula is C10H19F3N2OSi. The molecule has 3 nitrogen and oxygen atoms in total. The SMILES string of the molecule is C[Si](C)(C)CCOCN1C=C(C(F)(F)F)NC1. The van der Waals surface area contributed by atoms with Gasteiger partial charge in [-0.15, -0.1) is 0 Å². The third-order valence-electron chi connectivity index (χ3n) is 2.34. The lowest BCUT2D eigenvalue weighted by atomic mass is 10.5. The normalized spacial score (nSPS) is 17.1. The molecule has 0 atom stereocenters. The highest BCUT2D eigenvalue weighted by Crippen LogP contribution is 2.25. The van der Waals surface area contributed by atoms with Crippen molar-refractivity contribution in [3.63, 3.8) is 0 Å². The average Bonchev–Trinajstić information content (AvgIpc) is 2.58. The van der Waals surface area contributed by atoms with Gasteiger partial charge in [0, 0.05) is 20.9 Å². The molecular weight excluding hydrogens is 249 g/mol. The fourth-order valence-corrected chi connectivity index (χ4v) is 2.03. The number of nitrogens with zero attached hydrogens (tertiary/aromatic N) is 1. The highest BCUT2D eigenvalue weighted by atomic mass is 28.3. The van der Waals surface area contributed by atoms with Crippen LogP contribution in [0.5, 0.6) is 0 Å². The molecule has 0 aromatic heterocycles. The number of nitrogens with one attached hydrogen (secondary N) is 1. The molecule has 0 amide bonds. The number of halogens is 3. The van der Waals surface area contributed by atoms with Crippen LogP contribution in [0.1, 0.15) is 0 Å². The molecule has 7 heteroatoms. The number of hydrogen-bond donors (Lipinski definition) is 1. The standard InChI is InChI=1S/C10H19F3N2OSi/c1-17(2,3)5-4-16-8-15-6-9(14-7-15)10(11,12)13/h6,14H,4-5,7-8H2,1-3H3. The maximum absolute atomic E-state index is 12.3. The van der Waals surface area contributed by atoms with Crippen molar-refractivity contribution in [2.45, 2.75) is 31.9 Å². The Kier molecular flexibility index (Phi) is 4.48. The summed E-state index contributed by atoms with van der Waals surface area (Å²) in [5, 5.41) is 2.29. The van der Waals surface area contributed by atoms with E-state index in [2.05, 4.69) is 25.0 Å². The first kappa shape index (κ1) is 14.4.